The van der Waals surface area contributed by atoms with Crippen LogP contribution in [0.15, 0.2) is 0 Å². The third-order valence-corrected chi connectivity index (χ3v) is 2.41. The molecule has 1 aliphatic heterocycles. The van der Waals surface area contributed by atoms with E-state index in [1.807, 2.05) is 0 Å². The fraction of sp³-hybridized carbons (Fsp3) is 1.00. The first-order valence-corrected chi connectivity index (χ1v) is 5.98. The van der Waals surface area contributed by atoms with Gasteiger partial charge in [0, 0.05) is 19.7 Å². The summed E-state index contributed by atoms with van der Waals surface area (Å²) in [6.45, 7) is 11.1. The molecular formula is C12H25NO2. The van der Waals surface area contributed by atoms with Gasteiger partial charge in [-0.05, 0) is 18.3 Å². The van der Waals surface area contributed by atoms with Crippen LogP contribution in [0.2, 0.25) is 0 Å². The Morgan fingerprint density at radius 3 is 2.80 bits per heavy atom. The summed E-state index contributed by atoms with van der Waals surface area (Å²) in [5.74, 6) is 0. The fourth-order valence-corrected chi connectivity index (χ4v) is 1.60. The maximum absolute atomic E-state index is 5.54. The zero-order chi connectivity index (χ0) is 11.1. The molecule has 0 aromatic carbocycles. The van der Waals surface area contributed by atoms with Crippen molar-refractivity contribution in [3.8, 4) is 0 Å². The third-order valence-electron chi connectivity index (χ3n) is 2.41. The van der Waals surface area contributed by atoms with E-state index in [0.29, 0.717) is 11.5 Å². The van der Waals surface area contributed by atoms with Crippen LogP contribution in [0.3, 0.4) is 0 Å². The van der Waals surface area contributed by atoms with E-state index in [1.54, 1.807) is 0 Å². The molecule has 1 rings (SSSR count). The summed E-state index contributed by atoms with van der Waals surface area (Å²) in [6.07, 6.45) is 2.71. The van der Waals surface area contributed by atoms with E-state index in [1.165, 1.54) is 6.42 Å². The number of hydrogen-bond donors (Lipinski definition) is 1. The normalized spacial score (nSPS) is 22.2. The SMILES string of the molecule is CC(C)(C)CNCCOCC1CCCO1. The van der Waals surface area contributed by atoms with Gasteiger partial charge in [-0.3, -0.25) is 0 Å². The topological polar surface area (TPSA) is 30.5 Å². The van der Waals surface area contributed by atoms with E-state index in [0.717, 1.165) is 39.3 Å². The summed E-state index contributed by atoms with van der Waals surface area (Å²) < 4.78 is 11.0. The summed E-state index contributed by atoms with van der Waals surface area (Å²) in [6, 6.07) is 0. The Kier molecular flexibility index (Phi) is 5.58. The zero-order valence-corrected chi connectivity index (χ0v) is 10.3. The lowest BCUT2D eigenvalue weighted by molar-refractivity contribution is 0.0180. The van der Waals surface area contributed by atoms with E-state index in [2.05, 4.69) is 26.1 Å². The van der Waals surface area contributed by atoms with Crippen LogP contribution in [0.4, 0.5) is 0 Å². The van der Waals surface area contributed by atoms with Gasteiger partial charge in [-0.15, -0.1) is 0 Å². The number of nitrogens with one attached hydrogen (secondary N) is 1. The summed E-state index contributed by atoms with van der Waals surface area (Å²) in [5, 5.41) is 3.38. The van der Waals surface area contributed by atoms with Gasteiger partial charge in [0.25, 0.3) is 0 Å². The van der Waals surface area contributed by atoms with Crippen molar-refractivity contribution in [1.82, 2.24) is 5.32 Å². The van der Waals surface area contributed by atoms with E-state index < -0.39 is 0 Å². The number of ether oxygens (including phenoxy) is 2. The fourth-order valence-electron chi connectivity index (χ4n) is 1.60. The summed E-state index contributed by atoms with van der Waals surface area (Å²) in [7, 11) is 0. The van der Waals surface area contributed by atoms with Crippen molar-refractivity contribution in [1.29, 1.82) is 0 Å². The molecule has 1 heterocycles. The predicted molar refractivity (Wildman–Crippen MR) is 62.1 cm³/mol. The van der Waals surface area contributed by atoms with Crippen LogP contribution in [0, 0.1) is 5.41 Å². The monoisotopic (exact) mass is 215 g/mol. The second-order valence-electron chi connectivity index (χ2n) is 5.45. The molecular weight excluding hydrogens is 190 g/mol. The van der Waals surface area contributed by atoms with Crippen LogP contribution < -0.4 is 5.32 Å². The molecule has 0 saturated carbocycles. The van der Waals surface area contributed by atoms with Gasteiger partial charge in [0.05, 0.1) is 19.3 Å². The van der Waals surface area contributed by atoms with Crippen LogP contribution in [-0.2, 0) is 9.47 Å². The Labute approximate surface area is 93.5 Å². The Balaban J connectivity index is 1.84. The van der Waals surface area contributed by atoms with Crippen molar-refractivity contribution in [3.05, 3.63) is 0 Å². The molecule has 0 aromatic heterocycles. The molecule has 15 heavy (non-hydrogen) atoms. The van der Waals surface area contributed by atoms with E-state index in [4.69, 9.17) is 9.47 Å². The standard InChI is InChI=1S/C12H25NO2/c1-12(2,3)10-13-6-8-14-9-11-5-4-7-15-11/h11,13H,4-10H2,1-3H3. The highest BCUT2D eigenvalue weighted by Gasteiger charge is 2.15. The van der Waals surface area contributed by atoms with Crippen molar-refractivity contribution < 1.29 is 9.47 Å². The molecule has 0 radical (unpaired) electrons. The van der Waals surface area contributed by atoms with Gasteiger partial charge in [0.2, 0.25) is 0 Å². The quantitative estimate of drug-likeness (QED) is 0.686. The lowest BCUT2D eigenvalue weighted by Crippen LogP contribution is -2.30. The van der Waals surface area contributed by atoms with Gasteiger partial charge < -0.3 is 14.8 Å². The maximum atomic E-state index is 5.54. The molecule has 1 unspecified atom stereocenters. The molecule has 0 spiro atoms. The van der Waals surface area contributed by atoms with Crippen molar-refractivity contribution in [2.45, 2.75) is 39.7 Å². The molecule has 1 fully saturated rings. The molecule has 3 nitrogen and oxygen atoms in total. The van der Waals surface area contributed by atoms with Crippen molar-refractivity contribution >= 4 is 0 Å². The van der Waals surface area contributed by atoms with E-state index in [9.17, 15) is 0 Å². The molecule has 1 saturated heterocycles. The molecule has 1 N–H and O–H groups in total. The number of hydrogen-bond acceptors (Lipinski definition) is 3. The summed E-state index contributed by atoms with van der Waals surface area (Å²) >= 11 is 0. The smallest absolute Gasteiger partial charge is 0.0809 e. The van der Waals surface area contributed by atoms with Crippen LogP contribution >= 0.6 is 0 Å². The van der Waals surface area contributed by atoms with Crippen LogP contribution in [0.25, 0.3) is 0 Å². The van der Waals surface area contributed by atoms with Gasteiger partial charge in [0.1, 0.15) is 0 Å². The maximum Gasteiger partial charge on any atom is 0.0809 e. The third kappa shape index (κ3) is 6.88. The first-order valence-electron chi connectivity index (χ1n) is 5.98. The van der Waals surface area contributed by atoms with E-state index in [-0.39, 0.29) is 0 Å². The van der Waals surface area contributed by atoms with Crippen LogP contribution in [-0.4, -0.2) is 39.0 Å². The summed E-state index contributed by atoms with van der Waals surface area (Å²) in [4.78, 5) is 0. The average Bonchev–Trinajstić information content (AvgIpc) is 2.61. The zero-order valence-electron chi connectivity index (χ0n) is 10.3. The van der Waals surface area contributed by atoms with Gasteiger partial charge >= 0.3 is 0 Å². The highest BCUT2D eigenvalue weighted by Crippen LogP contribution is 2.12. The Bertz CT molecular complexity index is 159. The highest BCUT2D eigenvalue weighted by molar-refractivity contribution is 4.65. The largest absolute Gasteiger partial charge is 0.377 e. The lowest BCUT2D eigenvalue weighted by atomic mass is 9.97. The molecule has 1 atom stereocenters. The minimum Gasteiger partial charge on any atom is -0.377 e. The molecule has 90 valence electrons. The molecule has 0 bridgehead atoms. The van der Waals surface area contributed by atoms with Crippen molar-refractivity contribution in [2.75, 3.05) is 32.9 Å². The van der Waals surface area contributed by atoms with Crippen molar-refractivity contribution in [3.63, 3.8) is 0 Å². The van der Waals surface area contributed by atoms with Gasteiger partial charge in [0.15, 0.2) is 0 Å². The second-order valence-corrected chi connectivity index (χ2v) is 5.45. The first-order chi connectivity index (χ1) is 7.08. The predicted octanol–water partition coefficient (Wildman–Crippen LogP) is 1.82. The van der Waals surface area contributed by atoms with Gasteiger partial charge in [-0.25, -0.2) is 0 Å². The minimum absolute atomic E-state index is 0.354. The summed E-state index contributed by atoms with van der Waals surface area (Å²) in [5.41, 5.74) is 0.356. The molecule has 0 aliphatic carbocycles. The Morgan fingerprint density at radius 1 is 1.40 bits per heavy atom. The Morgan fingerprint density at radius 2 is 2.20 bits per heavy atom. The van der Waals surface area contributed by atoms with Crippen molar-refractivity contribution in [2.24, 2.45) is 5.41 Å². The lowest BCUT2D eigenvalue weighted by Gasteiger charge is -2.18. The molecule has 0 amide bonds. The van der Waals surface area contributed by atoms with E-state index >= 15 is 0 Å². The van der Waals surface area contributed by atoms with Crippen LogP contribution in [0.1, 0.15) is 33.6 Å². The van der Waals surface area contributed by atoms with Gasteiger partial charge in [-0.2, -0.15) is 0 Å². The van der Waals surface area contributed by atoms with Gasteiger partial charge in [-0.1, -0.05) is 20.8 Å². The molecule has 3 heteroatoms. The first kappa shape index (κ1) is 12.9. The number of rotatable bonds is 6. The molecule has 0 aromatic rings. The second kappa shape index (κ2) is 6.46. The van der Waals surface area contributed by atoms with Crippen LogP contribution in [0.5, 0.6) is 0 Å². The minimum atomic E-state index is 0.354. The average molecular weight is 215 g/mol. The highest BCUT2D eigenvalue weighted by atomic mass is 16.5. The molecule has 1 aliphatic rings. The Hall–Kier alpha value is -0.120.